The number of hydrogen-bond acceptors (Lipinski definition) is 1. The minimum Gasteiger partial charge on any atom is -0.261 e. The molecule has 0 unspecified atom stereocenters. The lowest BCUT2D eigenvalue weighted by Gasteiger charge is -2.25. The summed E-state index contributed by atoms with van der Waals surface area (Å²) < 4.78 is 0. The molecule has 1 rings (SSSR count). The second kappa shape index (κ2) is 8.64. The van der Waals surface area contributed by atoms with Crippen molar-refractivity contribution in [2.75, 3.05) is 6.16 Å². The lowest BCUT2D eigenvalue weighted by Crippen LogP contribution is -2.06. The molecule has 0 spiro atoms. The first-order valence-electron chi connectivity index (χ1n) is 7.27. The molecule has 102 valence electrons. The molecule has 0 aliphatic carbocycles. The monoisotopic (exact) mass is 265 g/mol. The molecule has 1 aromatic rings. The SMILES string of the molecule is CC(C)P(CCCCCc1ccccn1)C(C)C. The van der Waals surface area contributed by atoms with Gasteiger partial charge in [0.15, 0.2) is 0 Å². The smallest absolute Gasteiger partial charge is 0.0403 e. The molecule has 0 radical (unpaired) electrons. The van der Waals surface area contributed by atoms with Crippen molar-refractivity contribution in [3.8, 4) is 0 Å². The first-order chi connectivity index (χ1) is 8.61. The normalized spacial score (nSPS) is 11.7. The van der Waals surface area contributed by atoms with Gasteiger partial charge in [-0.2, -0.15) is 0 Å². The van der Waals surface area contributed by atoms with Gasteiger partial charge in [0.05, 0.1) is 0 Å². The zero-order chi connectivity index (χ0) is 13.4. The van der Waals surface area contributed by atoms with Gasteiger partial charge in [0.1, 0.15) is 0 Å². The summed E-state index contributed by atoms with van der Waals surface area (Å²) in [7, 11) is 0.235. The molecule has 1 aromatic heterocycles. The minimum atomic E-state index is 0.235. The number of aromatic nitrogens is 1. The highest BCUT2D eigenvalue weighted by Gasteiger charge is 2.15. The van der Waals surface area contributed by atoms with Gasteiger partial charge in [0.25, 0.3) is 0 Å². The Bertz CT molecular complexity index is 300. The lowest BCUT2D eigenvalue weighted by atomic mass is 10.1. The van der Waals surface area contributed by atoms with Gasteiger partial charge in [0, 0.05) is 11.9 Å². The van der Waals surface area contributed by atoms with Crippen LogP contribution in [0.1, 0.15) is 52.7 Å². The van der Waals surface area contributed by atoms with Crippen LogP contribution in [0.15, 0.2) is 24.4 Å². The van der Waals surface area contributed by atoms with E-state index in [1.807, 2.05) is 12.3 Å². The Morgan fingerprint density at radius 2 is 1.72 bits per heavy atom. The first-order valence-corrected chi connectivity index (χ1v) is 8.93. The number of pyridine rings is 1. The number of nitrogens with zero attached hydrogens (tertiary/aromatic N) is 1. The van der Waals surface area contributed by atoms with E-state index in [2.05, 4.69) is 44.8 Å². The number of rotatable bonds is 8. The van der Waals surface area contributed by atoms with Crippen LogP contribution < -0.4 is 0 Å². The first kappa shape index (κ1) is 15.6. The van der Waals surface area contributed by atoms with E-state index in [0.29, 0.717) is 0 Å². The summed E-state index contributed by atoms with van der Waals surface area (Å²) in [5.74, 6) is 0. The highest BCUT2D eigenvalue weighted by Crippen LogP contribution is 2.46. The van der Waals surface area contributed by atoms with Crippen LogP contribution in [0.2, 0.25) is 0 Å². The number of unbranched alkanes of at least 4 members (excludes halogenated alkanes) is 2. The van der Waals surface area contributed by atoms with Crippen molar-refractivity contribution in [3.05, 3.63) is 30.1 Å². The molecule has 0 atom stereocenters. The lowest BCUT2D eigenvalue weighted by molar-refractivity contribution is 0.707. The number of aryl methyl sites for hydroxylation is 1. The van der Waals surface area contributed by atoms with Gasteiger partial charge in [-0.15, -0.1) is 7.92 Å². The van der Waals surface area contributed by atoms with E-state index in [-0.39, 0.29) is 7.92 Å². The van der Waals surface area contributed by atoms with Crippen molar-refractivity contribution in [2.24, 2.45) is 0 Å². The van der Waals surface area contributed by atoms with E-state index >= 15 is 0 Å². The summed E-state index contributed by atoms with van der Waals surface area (Å²) in [4.78, 5) is 4.37. The molecule has 0 aliphatic heterocycles. The van der Waals surface area contributed by atoms with E-state index in [1.54, 1.807) is 0 Å². The van der Waals surface area contributed by atoms with E-state index in [1.165, 1.54) is 31.1 Å². The molecular weight excluding hydrogens is 237 g/mol. The minimum absolute atomic E-state index is 0.235. The Morgan fingerprint density at radius 1 is 1.00 bits per heavy atom. The van der Waals surface area contributed by atoms with Crippen molar-refractivity contribution < 1.29 is 0 Å². The second-order valence-corrected chi connectivity index (χ2v) is 9.10. The fourth-order valence-corrected chi connectivity index (χ4v) is 5.25. The van der Waals surface area contributed by atoms with Crippen molar-refractivity contribution >= 4 is 7.92 Å². The average Bonchev–Trinajstić information content (AvgIpc) is 2.34. The van der Waals surface area contributed by atoms with Crippen LogP contribution >= 0.6 is 7.92 Å². The fourth-order valence-electron chi connectivity index (χ4n) is 2.44. The Labute approximate surface area is 114 Å². The van der Waals surface area contributed by atoms with E-state index in [9.17, 15) is 0 Å². The van der Waals surface area contributed by atoms with Crippen LogP contribution in [0.25, 0.3) is 0 Å². The molecule has 0 aromatic carbocycles. The summed E-state index contributed by atoms with van der Waals surface area (Å²) in [5, 5.41) is 0. The largest absolute Gasteiger partial charge is 0.261 e. The molecule has 0 aliphatic rings. The van der Waals surface area contributed by atoms with Gasteiger partial charge in [-0.3, -0.25) is 4.98 Å². The molecule has 0 saturated heterocycles. The molecule has 0 saturated carbocycles. The Morgan fingerprint density at radius 3 is 2.28 bits per heavy atom. The third-order valence-corrected chi connectivity index (χ3v) is 6.89. The summed E-state index contributed by atoms with van der Waals surface area (Å²) in [6, 6.07) is 6.20. The molecule has 0 N–H and O–H groups in total. The van der Waals surface area contributed by atoms with E-state index in [0.717, 1.165) is 17.7 Å². The summed E-state index contributed by atoms with van der Waals surface area (Å²) in [6.07, 6.45) is 8.53. The van der Waals surface area contributed by atoms with Gasteiger partial charge in [0.2, 0.25) is 0 Å². The molecule has 0 amide bonds. The van der Waals surface area contributed by atoms with Crippen LogP contribution in [0.5, 0.6) is 0 Å². The Hall–Kier alpha value is -0.420. The summed E-state index contributed by atoms with van der Waals surface area (Å²) in [6.45, 7) is 9.55. The molecule has 1 heterocycles. The van der Waals surface area contributed by atoms with Gasteiger partial charge < -0.3 is 0 Å². The van der Waals surface area contributed by atoms with Crippen LogP contribution in [-0.4, -0.2) is 22.5 Å². The van der Waals surface area contributed by atoms with Gasteiger partial charge >= 0.3 is 0 Å². The van der Waals surface area contributed by atoms with Crippen molar-refractivity contribution in [2.45, 2.75) is 64.7 Å². The second-order valence-electron chi connectivity index (χ2n) is 5.56. The van der Waals surface area contributed by atoms with E-state index in [4.69, 9.17) is 0 Å². The van der Waals surface area contributed by atoms with Crippen molar-refractivity contribution in [1.29, 1.82) is 0 Å². The number of hydrogen-bond donors (Lipinski definition) is 0. The van der Waals surface area contributed by atoms with Gasteiger partial charge in [-0.25, -0.2) is 0 Å². The van der Waals surface area contributed by atoms with Crippen LogP contribution in [0, 0.1) is 0 Å². The Kier molecular flexibility index (Phi) is 7.51. The van der Waals surface area contributed by atoms with Gasteiger partial charge in [-0.05, 0) is 48.9 Å². The molecule has 18 heavy (non-hydrogen) atoms. The summed E-state index contributed by atoms with van der Waals surface area (Å²) >= 11 is 0. The van der Waals surface area contributed by atoms with E-state index < -0.39 is 0 Å². The quantitative estimate of drug-likeness (QED) is 0.471. The third kappa shape index (κ3) is 5.96. The maximum absolute atomic E-state index is 4.37. The van der Waals surface area contributed by atoms with Gasteiger partial charge in [-0.1, -0.05) is 40.2 Å². The predicted molar refractivity (Wildman–Crippen MR) is 83.9 cm³/mol. The predicted octanol–water partition coefficient (Wildman–Crippen LogP) is 5.09. The average molecular weight is 265 g/mol. The van der Waals surface area contributed by atoms with Crippen LogP contribution in [-0.2, 0) is 6.42 Å². The fraction of sp³-hybridized carbons (Fsp3) is 0.688. The van der Waals surface area contributed by atoms with Crippen molar-refractivity contribution in [3.63, 3.8) is 0 Å². The molecule has 0 fully saturated rings. The maximum Gasteiger partial charge on any atom is 0.0403 e. The van der Waals surface area contributed by atoms with Crippen molar-refractivity contribution in [1.82, 2.24) is 4.98 Å². The third-order valence-electron chi connectivity index (χ3n) is 3.40. The Balaban J connectivity index is 2.15. The summed E-state index contributed by atoms with van der Waals surface area (Å²) in [5.41, 5.74) is 3.01. The molecule has 1 nitrogen and oxygen atoms in total. The topological polar surface area (TPSA) is 12.9 Å². The molecular formula is C16H28NP. The molecule has 0 bridgehead atoms. The van der Waals surface area contributed by atoms with Crippen LogP contribution in [0.4, 0.5) is 0 Å². The molecule has 2 heteroatoms. The maximum atomic E-state index is 4.37. The zero-order valence-corrected chi connectivity index (χ0v) is 13.3. The standard InChI is InChI=1S/C16H28NP/c1-14(2)18(15(3)4)13-9-5-6-10-16-11-7-8-12-17-16/h7-8,11-12,14-15H,5-6,9-10,13H2,1-4H3. The van der Waals surface area contributed by atoms with Crippen LogP contribution in [0.3, 0.4) is 0 Å². The highest BCUT2D eigenvalue weighted by molar-refractivity contribution is 7.59. The zero-order valence-electron chi connectivity index (χ0n) is 12.4. The highest BCUT2D eigenvalue weighted by atomic mass is 31.1.